The van der Waals surface area contributed by atoms with Gasteiger partial charge in [0, 0.05) is 0 Å². The molecule has 2 fully saturated rings. The maximum Gasteiger partial charge on any atom is 0.190 e. The summed E-state index contributed by atoms with van der Waals surface area (Å²) in [6, 6.07) is 0. The first-order valence-corrected chi connectivity index (χ1v) is 9.17. The Kier molecular flexibility index (Phi) is 4.52. The lowest BCUT2D eigenvalue weighted by molar-refractivity contribution is -0.144. The third kappa shape index (κ3) is 2.72. The second-order valence-corrected chi connectivity index (χ2v) is 8.87. The molecular weight excluding hydrogens is 320 g/mol. The topological polar surface area (TPSA) is 98.0 Å². The Morgan fingerprint density at radius 2 is 1.92 bits per heavy atom. The highest BCUT2D eigenvalue weighted by Crippen LogP contribution is 2.61. The molecule has 0 unspecified atom stereocenters. The molecule has 2 saturated carbocycles. The molecule has 3 rings (SSSR count). The lowest BCUT2D eigenvalue weighted by Crippen LogP contribution is -2.51. The predicted octanol–water partition coefficient (Wildman–Crippen LogP) is 1.21. The first-order valence-electron chi connectivity index (χ1n) is 9.17. The Bertz CT molecular complexity index is 634. The van der Waals surface area contributed by atoms with Crippen LogP contribution in [0.2, 0.25) is 0 Å². The molecule has 0 aromatic heterocycles. The summed E-state index contributed by atoms with van der Waals surface area (Å²) in [5.41, 5.74) is -0.890. The Morgan fingerprint density at radius 1 is 1.28 bits per heavy atom. The van der Waals surface area contributed by atoms with Crippen molar-refractivity contribution in [3.8, 4) is 0 Å². The van der Waals surface area contributed by atoms with Gasteiger partial charge in [0.2, 0.25) is 0 Å². The van der Waals surface area contributed by atoms with Crippen LogP contribution in [0.15, 0.2) is 23.3 Å². The molecule has 0 aliphatic heterocycles. The van der Waals surface area contributed by atoms with Crippen LogP contribution in [0.25, 0.3) is 0 Å². The molecule has 0 heterocycles. The average Bonchev–Trinajstić information content (AvgIpc) is 2.94. The molecule has 25 heavy (non-hydrogen) atoms. The van der Waals surface area contributed by atoms with Crippen LogP contribution in [0, 0.1) is 29.1 Å². The van der Waals surface area contributed by atoms with Gasteiger partial charge in [-0.2, -0.15) is 0 Å². The maximum atomic E-state index is 13.1. The predicted molar refractivity (Wildman–Crippen MR) is 93.5 cm³/mol. The molecule has 0 aromatic rings. The van der Waals surface area contributed by atoms with E-state index in [0.717, 1.165) is 0 Å². The minimum absolute atomic E-state index is 0.0489. The third-order valence-corrected chi connectivity index (χ3v) is 6.99. The summed E-state index contributed by atoms with van der Waals surface area (Å²) >= 11 is 0. The smallest absolute Gasteiger partial charge is 0.190 e. The summed E-state index contributed by atoms with van der Waals surface area (Å²) in [4.78, 5) is 13.1. The van der Waals surface area contributed by atoms with E-state index < -0.39 is 29.5 Å². The molecule has 7 atom stereocenters. The number of aliphatic hydroxyl groups excluding tert-OH is 3. The standard InChI is InChI=1S/C20H30O5/c1-10-7-14-13(19(14,3)4)6-5-12(9-21)17(23)15-16(22)11(2)8-20(15,25)18(10)24/h5,7,11,13-17,21-23,25H,6,8-9H2,1-4H3/b10-7-,12-5-/t11-,13-,14+,15-,16-,17+,20+/m0/s1. The zero-order valence-corrected chi connectivity index (χ0v) is 15.4. The number of allylic oxidation sites excluding steroid dienone is 2. The van der Waals surface area contributed by atoms with Gasteiger partial charge in [0.1, 0.15) is 5.60 Å². The molecule has 3 aliphatic rings. The molecule has 0 bridgehead atoms. The van der Waals surface area contributed by atoms with Crippen molar-refractivity contribution in [2.75, 3.05) is 6.61 Å². The van der Waals surface area contributed by atoms with Crippen molar-refractivity contribution in [1.29, 1.82) is 0 Å². The summed E-state index contributed by atoms with van der Waals surface area (Å²) in [6.07, 6.45) is 2.33. The van der Waals surface area contributed by atoms with E-state index in [1.165, 1.54) is 0 Å². The van der Waals surface area contributed by atoms with Crippen LogP contribution < -0.4 is 0 Å². The quantitative estimate of drug-likeness (QED) is 0.533. The number of hydrogen-bond donors (Lipinski definition) is 4. The highest BCUT2D eigenvalue weighted by molar-refractivity contribution is 6.02. The Balaban J connectivity index is 2.10. The number of rotatable bonds is 1. The average molecular weight is 350 g/mol. The first kappa shape index (κ1) is 18.8. The molecule has 4 N–H and O–H groups in total. The lowest BCUT2D eigenvalue weighted by atomic mass is 9.77. The Labute approximate surface area is 149 Å². The van der Waals surface area contributed by atoms with Gasteiger partial charge in [-0.05, 0) is 54.1 Å². The van der Waals surface area contributed by atoms with Crippen LogP contribution in [0.1, 0.15) is 40.5 Å². The summed E-state index contributed by atoms with van der Waals surface area (Å²) in [5, 5.41) is 42.3. The number of aliphatic hydroxyl groups is 4. The molecule has 5 nitrogen and oxygen atoms in total. The zero-order chi connectivity index (χ0) is 18.7. The van der Waals surface area contributed by atoms with Crippen molar-refractivity contribution in [3.63, 3.8) is 0 Å². The van der Waals surface area contributed by atoms with Gasteiger partial charge >= 0.3 is 0 Å². The molecule has 5 heteroatoms. The zero-order valence-electron chi connectivity index (χ0n) is 15.4. The van der Waals surface area contributed by atoms with Crippen molar-refractivity contribution >= 4 is 5.78 Å². The number of ketones is 1. The van der Waals surface area contributed by atoms with Gasteiger partial charge in [-0.25, -0.2) is 0 Å². The van der Waals surface area contributed by atoms with Crippen LogP contribution in [-0.4, -0.2) is 50.6 Å². The van der Waals surface area contributed by atoms with Crippen LogP contribution >= 0.6 is 0 Å². The molecule has 0 amide bonds. The van der Waals surface area contributed by atoms with Crippen LogP contribution in [0.4, 0.5) is 0 Å². The fourth-order valence-electron chi connectivity index (χ4n) is 5.12. The van der Waals surface area contributed by atoms with Crippen molar-refractivity contribution < 1.29 is 25.2 Å². The van der Waals surface area contributed by atoms with Gasteiger partial charge < -0.3 is 20.4 Å². The second kappa shape index (κ2) is 6.02. The molecule has 0 radical (unpaired) electrons. The second-order valence-electron chi connectivity index (χ2n) is 8.87. The van der Waals surface area contributed by atoms with E-state index in [-0.39, 0.29) is 30.3 Å². The highest BCUT2D eigenvalue weighted by Gasteiger charge is 2.60. The summed E-state index contributed by atoms with van der Waals surface area (Å²) in [5.74, 6) is -1.19. The lowest BCUT2D eigenvalue weighted by Gasteiger charge is -2.34. The van der Waals surface area contributed by atoms with Gasteiger partial charge in [-0.1, -0.05) is 32.9 Å². The monoisotopic (exact) mass is 350 g/mol. The maximum absolute atomic E-state index is 13.1. The number of hydrogen-bond acceptors (Lipinski definition) is 5. The van der Waals surface area contributed by atoms with E-state index in [1.807, 2.05) is 12.2 Å². The molecule has 0 aromatic carbocycles. The number of fused-ring (bicyclic) bond motifs is 2. The fourth-order valence-corrected chi connectivity index (χ4v) is 5.12. The number of carbonyl (C=O) groups is 1. The van der Waals surface area contributed by atoms with E-state index in [9.17, 15) is 25.2 Å². The van der Waals surface area contributed by atoms with Gasteiger partial charge in [-0.3, -0.25) is 4.79 Å². The van der Waals surface area contributed by atoms with Crippen molar-refractivity contribution in [1.82, 2.24) is 0 Å². The normalized spacial score (nSPS) is 50.6. The largest absolute Gasteiger partial charge is 0.392 e. The SMILES string of the molecule is C/C1=C/[C@@H]2[C@H](C/C=C(/CO)[C@@H](O)[C@@H]3[C@@H](O)[C@@H](C)C[C@]3(O)C1=O)C2(C)C. The van der Waals surface area contributed by atoms with Gasteiger partial charge in [-0.15, -0.1) is 0 Å². The molecule has 0 spiro atoms. The summed E-state index contributed by atoms with van der Waals surface area (Å²) < 4.78 is 0. The van der Waals surface area contributed by atoms with Crippen molar-refractivity contribution in [2.24, 2.45) is 29.1 Å². The molecular formula is C20H30O5. The molecule has 140 valence electrons. The van der Waals surface area contributed by atoms with E-state index in [0.29, 0.717) is 23.5 Å². The number of carbonyl (C=O) groups excluding carboxylic acids is 1. The van der Waals surface area contributed by atoms with Crippen molar-refractivity contribution in [3.05, 3.63) is 23.3 Å². The minimum Gasteiger partial charge on any atom is -0.392 e. The van der Waals surface area contributed by atoms with Gasteiger partial charge in [0.25, 0.3) is 0 Å². The Hall–Kier alpha value is -1.01. The summed E-state index contributed by atoms with van der Waals surface area (Å²) in [7, 11) is 0. The first-order chi connectivity index (χ1) is 11.6. The van der Waals surface area contributed by atoms with Gasteiger partial charge in [0.05, 0.1) is 24.7 Å². The van der Waals surface area contributed by atoms with Crippen LogP contribution in [0.5, 0.6) is 0 Å². The highest BCUT2D eigenvalue weighted by atomic mass is 16.3. The summed E-state index contributed by atoms with van der Waals surface area (Å²) in [6.45, 7) is 7.41. The fraction of sp³-hybridized carbons (Fsp3) is 0.750. The van der Waals surface area contributed by atoms with E-state index in [1.54, 1.807) is 13.8 Å². The van der Waals surface area contributed by atoms with Crippen LogP contribution in [-0.2, 0) is 4.79 Å². The van der Waals surface area contributed by atoms with E-state index >= 15 is 0 Å². The number of Topliss-reactive ketones (excluding diaryl/α,β-unsaturated/α-hetero) is 1. The van der Waals surface area contributed by atoms with E-state index in [2.05, 4.69) is 13.8 Å². The van der Waals surface area contributed by atoms with Crippen molar-refractivity contribution in [2.45, 2.75) is 58.3 Å². The molecule has 0 saturated heterocycles. The Morgan fingerprint density at radius 3 is 2.52 bits per heavy atom. The van der Waals surface area contributed by atoms with Gasteiger partial charge in [0.15, 0.2) is 5.78 Å². The molecule has 3 aliphatic carbocycles. The van der Waals surface area contributed by atoms with E-state index in [4.69, 9.17) is 0 Å². The third-order valence-electron chi connectivity index (χ3n) is 6.99. The van der Waals surface area contributed by atoms with Crippen LogP contribution in [0.3, 0.4) is 0 Å². The minimum atomic E-state index is -1.81.